The van der Waals surface area contributed by atoms with Crippen molar-refractivity contribution in [3.05, 3.63) is 54.1 Å². The zero-order valence-electron chi connectivity index (χ0n) is 12.0. The van der Waals surface area contributed by atoms with Crippen LogP contribution in [0.3, 0.4) is 0 Å². The number of thioether (sulfide) groups is 1. The van der Waals surface area contributed by atoms with Crippen molar-refractivity contribution in [2.24, 2.45) is 0 Å². The Hall–Kier alpha value is -1.56. The average molecular weight is 347 g/mol. The Kier molecular flexibility index (Phi) is 3.59. The third-order valence-electron chi connectivity index (χ3n) is 3.94. The summed E-state index contributed by atoms with van der Waals surface area (Å²) < 4.78 is 17.8. The molecular weight excluding hydrogens is 333 g/mol. The SMILES string of the molecule is O=P(O)(O)OCn1c2c(c3ccccc31)CSc1ccccc1-2. The van der Waals surface area contributed by atoms with Gasteiger partial charge in [-0.3, -0.25) is 4.52 Å². The van der Waals surface area contributed by atoms with E-state index in [-0.39, 0.29) is 6.73 Å². The topological polar surface area (TPSA) is 71.7 Å². The van der Waals surface area contributed by atoms with Gasteiger partial charge in [0.1, 0.15) is 6.73 Å². The van der Waals surface area contributed by atoms with Gasteiger partial charge in [0.05, 0.1) is 11.2 Å². The van der Waals surface area contributed by atoms with Crippen molar-refractivity contribution in [2.75, 3.05) is 0 Å². The number of para-hydroxylation sites is 1. The van der Waals surface area contributed by atoms with E-state index in [1.165, 1.54) is 10.5 Å². The Bertz CT molecular complexity index is 946. The highest BCUT2D eigenvalue weighted by molar-refractivity contribution is 7.98. The lowest BCUT2D eigenvalue weighted by Crippen LogP contribution is -2.05. The highest BCUT2D eigenvalue weighted by Crippen LogP contribution is 2.46. The molecule has 2 heterocycles. The van der Waals surface area contributed by atoms with Gasteiger partial charge in [-0.05, 0) is 17.7 Å². The fourth-order valence-electron chi connectivity index (χ4n) is 3.03. The molecule has 1 aliphatic heterocycles. The number of nitrogens with zero attached hydrogens (tertiary/aromatic N) is 1. The summed E-state index contributed by atoms with van der Waals surface area (Å²) in [7, 11) is -4.53. The molecule has 0 spiro atoms. The van der Waals surface area contributed by atoms with Crippen LogP contribution in [-0.4, -0.2) is 14.4 Å². The van der Waals surface area contributed by atoms with Crippen LogP contribution in [0.15, 0.2) is 53.4 Å². The number of phosphoric ester groups is 1. The first-order chi connectivity index (χ1) is 11.0. The van der Waals surface area contributed by atoms with E-state index in [9.17, 15) is 4.57 Å². The van der Waals surface area contributed by atoms with Gasteiger partial charge >= 0.3 is 7.82 Å². The molecule has 3 aromatic rings. The van der Waals surface area contributed by atoms with Crippen LogP contribution in [0.2, 0.25) is 0 Å². The molecule has 0 fully saturated rings. The molecule has 5 nitrogen and oxygen atoms in total. The molecule has 1 aliphatic rings. The highest BCUT2D eigenvalue weighted by Gasteiger charge is 2.25. The van der Waals surface area contributed by atoms with Gasteiger partial charge in [0.25, 0.3) is 0 Å². The molecule has 0 amide bonds. The lowest BCUT2D eigenvalue weighted by molar-refractivity contribution is 0.157. The fourth-order valence-corrected chi connectivity index (χ4v) is 4.39. The second kappa shape index (κ2) is 5.51. The van der Waals surface area contributed by atoms with E-state index in [4.69, 9.17) is 14.3 Å². The molecule has 4 rings (SSSR count). The van der Waals surface area contributed by atoms with Crippen molar-refractivity contribution in [3.8, 4) is 11.3 Å². The van der Waals surface area contributed by atoms with Gasteiger partial charge in [0.2, 0.25) is 0 Å². The summed E-state index contributed by atoms with van der Waals surface area (Å²) >= 11 is 1.78. The second-order valence-electron chi connectivity index (χ2n) is 5.31. The number of aromatic nitrogens is 1. The van der Waals surface area contributed by atoms with Crippen molar-refractivity contribution in [1.82, 2.24) is 4.57 Å². The predicted molar refractivity (Wildman–Crippen MR) is 90.1 cm³/mol. The van der Waals surface area contributed by atoms with Crippen LogP contribution in [-0.2, 0) is 21.6 Å². The van der Waals surface area contributed by atoms with Gasteiger partial charge in [-0.25, -0.2) is 4.57 Å². The van der Waals surface area contributed by atoms with Crippen molar-refractivity contribution in [1.29, 1.82) is 0 Å². The summed E-state index contributed by atoms with van der Waals surface area (Å²) in [6.45, 7) is -0.181. The zero-order valence-corrected chi connectivity index (χ0v) is 13.8. The summed E-state index contributed by atoms with van der Waals surface area (Å²) in [5.41, 5.74) is 4.15. The number of hydrogen-bond donors (Lipinski definition) is 2. The van der Waals surface area contributed by atoms with Gasteiger partial charge in [-0.2, -0.15) is 0 Å². The van der Waals surface area contributed by atoms with E-state index in [0.717, 1.165) is 27.9 Å². The molecule has 0 unspecified atom stereocenters. The van der Waals surface area contributed by atoms with Crippen molar-refractivity contribution in [3.63, 3.8) is 0 Å². The zero-order chi connectivity index (χ0) is 16.0. The molecular formula is C16H14NO4PS. The molecule has 7 heteroatoms. The van der Waals surface area contributed by atoms with E-state index in [1.54, 1.807) is 11.8 Å². The smallest absolute Gasteiger partial charge is 0.316 e. The van der Waals surface area contributed by atoms with Gasteiger partial charge in [-0.1, -0.05) is 36.4 Å². The molecule has 0 saturated carbocycles. The van der Waals surface area contributed by atoms with Crippen molar-refractivity contribution < 1.29 is 18.9 Å². The number of benzene rings is 2. The maximum Gasteiger partial charge on any atom is 0.471 e. The van der Waals surface area contributed by atoms with Gasteiger partial charge in [0, 0.05) is 21.6 Å². The van der Waals surface area contributed by atoms with Crippen LogP contribution in [0.1, 0.15) is 5.56 Å². The number of fused-ring (bicyclic) bond motifs is 5. The Labute approximate surface area is 137 Å². The Morgan fingerprint density at radius 1 is 1.13 bits per heavy atom. The molecule has 0 aliphatic carbocycles. The third kappa shape index (κ3) is 2.63. The normalized spacial score (nSPS) is 13.8. The molecule has 0 radical (unpaired) electrons. The van der Waals surface area contributed by atoms with E-state index in [0.29, 0.717) is 0 Å². The Morgan fingerprint density at radius 3 is 2.70 bits per heavy atom. The molecule has 2 N–H and O–H groups in total. The number of hydrogen-bond acceptors (Lipinski definition) is 3. The largest absolute Gasteiger partial charge is 0.471 e. The Balaban J connectivity index is 1.97. The number of phosphoric acid groups is 1. The lowest BCUT2D eigenvalue weighted by atomic mass is 10.1. The van der Waals surface area contributed by atoms with Gasteiger partial charge in [0.15, 0.2) is 0 Å². The third-order valence-corrected chi connectivity index (χ3v) is 5.50. The first-order valence-corrected chi connectivity index (χ1v) is 9.58. The maximum absolute atomic E-state index is 11.1. The molecule has 23 heavy (non-hydrogen) atoms. The maximum atomic E-state index is 11.1. The molecule has 0 atom stereocenters. The minimum Gasteiger partial charge on any atom is -0.316 e. The Morgan fingerprint density at radius 2 is 1.87 bits per heavy atom. The quantitative estimate of drug-likeness (QED) is 0.701. The number of rotatable bonds is 3. The first kappa shape index (κ1) is 15.0. The first-order valence-electron chi connectivity index (χ1n) is 7.07. The monoisotopic (exact) mass is 347 g/mol. The minimum absolute atomic E-state index is 0.181. The van der Waals surface area contributed by atoms with Crippen molar-refractivity contribution >= 4 is 30.5 Å². The summed E-state index contributed by atoms with van der Waals surface area (Å²) in [5.74, 6) is 0.829. The van der Waals surface area contributed by atoms with Gasteiger partial charge < -0.3 is 14.4 Å². The summed E-state index contributed by atoms with van der Waals surface area (Å²) in [6, 6.07) is 15.9. The fraction of sp³-hybridized carbons (Fsp3) is 0.125. The van der Waals surface area contributed by atoms with Crippen LogP contribution < -0.4 is 0 Å². The average Bonchev–Trinajstić information content (AvgIpc) is 2.87. The lowest BCUT2D eigenvalue weighted by Gasteiger charge is -2.19. The summed E-state index contributed by atoms with van der Waals surface area (Å²) in [4.78, 5) is 19.3. The molecule has 2 aromatic carbocycles. The standard InChI is InChI=1S/C16H14NO4PS/c18-22(19,20)21-10-17-14-7-3-1-5-11(14)13-9-23-15-8-4-2-6-12(15)16(13)17/h1-8H,9-10H2,(H2,18,19,20). The van der Waals surface area contributed by atoms with Crippen LogP contribution in [0.4, 0.5) is 0 Å². The van der Waals surface area contributed by atoms with Crippen LogP contribution in [0.25, 0.3) is 22.2 Å². The molecule has 0 saturated heterocycles. The molecule has 1 aromatic heterocycles. The van der Waals surface area contributed by atoms with E-state index < -0.39 is 7.82 Å². The van der Waals surface area contributed by atoms with Crippen LogP contribution >= 0.6 is 19.6 Å². The summed E-state index contributed by atoms with van der Waals surface area (Å²) in [5, 5.41) is 1.10. The van der Waals surface area contributed by atoms with Crippen LogP contribution in [0.5, 0.6) is 0 Å². The van der Waals surface area contributed by atoms with Crippen LogP contribution in [0, 0.1) is 0 Å². The van der Waals surface area contributed by atoms with E-state index in [2.05, 4.69) is 6.07 Å². The predicted octanol–water partition coefficient (Wildman–Crippen LogP) is 3.98. The highest BCUT2D eigenvalue weighted by atomic mass is 32.2. The summed E-state index contributed by atoms with van der Waals surface area (Å²) in [6.07, 6.45) is 0. The van der Waals surface area contributed by atoms with Crippen molar-refractivity contribution in [2.45, 2.75) is 17.4 Å². The van der Waals surface area contributed by atoms with E-state index in [1.807, 2.05) is 47.0 Å². The van der Waals surface area contributed by atoms with E-state index >= 15 is 0 Å². The minimum atomic E-state index is -4.53. The second-order valence-corrected chi connectivity index (χ2v) is 7.56. The molecule has 0 bridgehead atoms. The van der Waals surface area contributed by atoms with Gasteiger partial charge in [-0.15, -0.1) is 11.8 Å². The molecule has 118 valence electrons.